The highest BCUT2D eigenvalue weighted by Gasteiger charge is 2.17. The van der Waals surface area contributed by atoms with Gasteiger partial charge in [-0.3, -0.25) is 0 Å². The molecule has 0 unspecified atom stereocenters. The normalized spacial score (nSPS) is 17.8. The van der Waals surface area contributed by atoms with Crippen LogP contribution in [0.5, 0.6) is 0 Å². The summed E-state index contributed by atoms with van der Waals surface area (Å²) >= 11 is 0. The maximum Gasteiger partial charge on any atom is 0.228 e. The van der Waals surface area contributed by atoms with E-state index in [-0.39, 0.29) is 0 Å². The summed E-state index contributed by atoms with van der Waals surface area (Å²) in [5, 5.41) is 0. The van der Waals surface area contributed by atoms with Gasteiger partial charge in [-0.05, 0) is 14.0 Å². The first-order chi connectivity index (χ1) is 7.69. The molecule has 0 N–H and O–H groups in total. The molecular weight excluding hydrogens is 202 g/mol. The summed E-state index contributed by atoms with van der Waals surface area (Å²) in [5.74, 6) is 2.56. The van der Waals surface area contributed by atoms with Crippen LogP contribution in [0, 0.1) is 6.92 Å². The van der Waals surface area contributed by atoms with Gasteiger partial charge in [-0.15, -0.1) is 0 Å². The van der Waals surface area contributed by atoms with Crippen LogP contribution in [0.3, 0.4) is 0 Å². The molecule has 1 saturated heterocycles. The van der Waals surface area contributed by atoms with E-state index in [2.05, 4.69) is 38.7 Å². The van der Waals surface area contributed by atoms with Crippen molar-refractivity contribution in [3.05, 3.63) is 11.6 Å². The summed E-state index contributed by atoms with van der Waals surface area (Å²) < 4.78 is 0. The van der Waals surface area contributed by atoms with E-state index in [4.69, 9.17) is 0 Å². The van der Waals surface area contributed by atoms with Crippen LogP contribution in [-0.2, 0) is 6.42 Å². The van der Waals surface area contributed by atoms with Crippen molar-refractivity contribution < 1.29 is 0 Å². The van der Waals surface area contributed by atoms with E-state index in [0.29, 0.717) is 0 Å². The highest BCUT2D eigenvalue weighted by Crippen LogP contribution is 2.10. The molecule has 1 aromatic rings. The molecule has 0 spiro atoms. The van der Waals surface area contributed by atoms with Gasteiger partial charge in [0, 0.05) is 32.6 Å². The van der Waals surface area contributed by atoms with Crippen LogP contribution < -0.4 is 4.90 Å². The Morgan fingerprint density at radius 1 is 1.06 bits per heavy atom. The number of rotatable bonds is 2. The van der Waals surface area contributed by atoms with Crippen LogP contribution in [-0.4, -0.2) is 53.1 Å². The second kappa shape index (κ2) is 4.74. The number of anilines is 1. The number of aryl methyl sites for hydroxylation is 2. The number of hydrogen-bond donors (Lipinski definition) is 0. The summed E-state index contributed by atoms with van der Waals surface area (Å²) in [6, 6.07) is 0. The van der Waals surface area contributed by atoms with E-state index >= 15 is 0 Å². The summed E-state index contributed by atoms with van der Waals surface area (Å²) in [5.41, 5.74) is 0. The van der Waals surface area contributed by atoms with Gasteiger partial charge in [0.1, 0.15) is 11.6 Å². The minimum atomic E-state index is 0.820. The minimum absolute atomic E-state index is 0.820. The molecule has 5 heteroatoms. The van der Waals surface area contributed by atoms with Crippen LogP contribution in [0.15, 0.2) is 0 Å². The zero-order valence-electron chi connectivity index (χ0n) is 10.3. The van der Waals surface area contributed by atoms with Crippen LogP contribution in [0.1, 0.15) is 18.6 Å². The zero-order chi connectivity index (χ0) is 11.5. The second-order valence-electron chi connectivity index (χ2n) is 4.24. The van der Waals surface area contributed by atoms with Gasteiger partial charge in [0.15, 0.2) is 0 Å². The molecule has 5 nitrogen and oxygen atoms in total. The molecule has 2 heterocycles. The first-order valence-corrected chi connectivity index (χ1v) is 5.84. The SMILES string of the molecule is CCc1nc(C)nc(N2CCN(C)CC2)n1. The average Bonchev–Trinajstić information content (AvgIpc) is 2.29. The number of aromatic nitrogens is 3. The Balaban J connectivity index is 2.16. The lowest BCUT2D eigenvalue weighted by molar-refractivity contribution is 0.311. The van der Waals surface area contributed by atoms with Crippen molar-refractivity contribution in [3.63, 3.8) is 0 Å². The van der Waals surface area contributed by atoms with Crippen molar-refractivity contribution in [1.29, 1.82) is 0 Å². The van der Waals surface area contributed by atoms with Crippen LogP contribution in [0.25, 0.3) is 0 Å². The molecule has 0 atom stereocenters. The first kappa shape index (κ1) is 11.3. The summed E-state index contributed by atoms with van der Waals surface area (Å²) in [7, 11) is 2.15. The van der Waals surface area contributed by atoms with Gasteiger partial charge in [-0.25, -0.2) is 4.98 Å². The van der Waals surface area contributed by atoms with Gasteiger partial charge in [-0.2, -0.15) is 9.97 Å². The third-order valence-corrected chi connectivity index (χ3v) is 2.88. The largest absolute Gasteiger partial charge is 0.338 e. The van der Waals surface area contributed by atoms with Gasteiger partial charge in [-0.1, -0.05) is 6.92 Å². The van der Waals surface area contributed by atoms with Gasteiger partial charge >= 0.3 is 0 Å². The number of hydrogen-bond acceptors (Lipinski definition) is 5. The van der Waals surface area contributed by atoms with Crippen molar-refractivity contribution in [3.8, 4) is 0 Å². The smallest absolute Gasteiger partial charge is 0.228 e. The summed E-state index contributed by atoms with van der Waals surface area (Å²) in [6.45, 7) is 8.16. The quantitative estimate of drug-likeness (QED) is 0.727. The lowest BCUT2D eigenvalue weighted by atomic mass is 10.3. The van der Waals surface area contributed by atoms with Gasteiger partial charge in [0.05, 0.1) is 0 Å². The summed E-state index contributed by atoms with van der Waals surface area (Å²) in [6.07, 6.45) is 0.865. The highest BCUT2D eigenvalue weighted by atomic mass is 15.3. The first-order valence-electron chi connectivity index (χ1n) is 5.84. The highest BCUT2D eigenvalue weighted by molar-refractivity contribution is 5.30. The van der Waals surface area contributed by atoms with E-state index in [1.54, 1.807) is 0 Å². The topological polar surface area (TPSA) is 45.2 Å². The fourth-order valence-electron chi connectivity index (χ4n) is 1.83. The van der Waals surface area contributed by atoms with E-state index < -0.39 is 0 Å². The maximum absolute atomic E-state index is 4.49. The number of nitrogens with zero attached hydrogens (tertiary/aromatic N) is 5. The second-order valence-corrected chi connectivity index (χ2v) is 4.24. The Morgan fingerprint density at radius 2 is 1.75 bits per heavy atom. The minimum Gasteiger partial charge on any atom is -0.338 e. The Kier molecular flexibility index (Phi) is 3.33. The monoisotopic (exact) mass is 221 g/mol. The molecule has 16 heavy (non-hydrogen) atoms. The van der Waals surface area contributed by atoms with Gasteiger partial charge in [0.25, 0.3) is 0 Å². The predicted octanol–water partition coefficient (Wildman–Crippen LogP) is 0.494. The molecule has 1 fully saturated rings. The van der Waals surface area contributed by atoms with Crippen molar-refractivity contribution in [2.45, 2.75) is 20.3 Å². The molecule has 2 rings (SSSR count). The average molecular weight is 221 g/mol. The molecule has 0 aliphatic carbocycles. The van der Waals surface area contributed by atoms with Gasteiger partial charge in [0.2, 0.25) is 5.95 Å². The van der Waals surface area contributed by atoms with E-state index in [1.807, 2.05) is 6.92 Å². The molecular formula is C11H19N5. The lowest BCUT2D eigenvalue weighted by Crippen LogP contribution is -2.45. The van der Waals surface area contributed by atoms with Crippen LogP contribution >= 0.6 is 0 Å². The predicted molar refractivity (Wildman–Crippen MR) is 63.7 cm³/mol. The third kappa shape index (κ3) is 2.47. The molecule has 0 bridgehead atoms. The molecule has 0 amide bonds. The van der Waals surface area contributed by atoms with Crippen molar-refractivity contribution >= 4 is 5.95 Å². The molecule has 1 aromatic heterocycles. The number of piperazine rings is 1. The molecule has 1 aliphatic rings. The van der Waals surface area contributed by atoms with E-state index in [1.165, 1.54) is 0 Å². The molecule has 0 saturated carbocycles. The van der Waals surface area contributed by atoms with Crippen molar-refractivity contribution in [2.24, 2.45) is 0 Å². The third-order valence-electron chi connectivity index (χ3n) is 2.88. The Bertz CT molecular complexity index is 357. The number of likely N-dealkylation sites (N-methyl/N-ethyl adjacent to an activating group) is 1. The molecule has 0 aromatic carbocycles. The van der Waals surface area contributed by atoms with Crippen LogP contribution in [0.4, 0.5) is 5.95 Å². The standard InChI is InChI=1S/C11H19N5/c1-4-10-12-9(2)13-11(14-10)16-7-5-15(3)6-8-16/h4-8H2,1-3H3. The van der Waals surface area contributed by atoms with Crippen LogP contribution in [0.2, 0.25) is 0 Å². The van der Waals surface area contributed by atoms with Crippen molar-refractivity contribution in [2.75, 3.05) is 38.1 Å². The Hall–Kier alpha value is -1.23. The van der Waals surface area contributed by atoms with Gasteiger partial charge < -0.3 is 9.80 Å². The lowest BCUT2D eigenvalue weighted by Gasteiger charge is -2.32. The van der Waals surface area contributed by atoms with E-state index in [0.717, 1.165) is 50.2 Å². The maximum atomic E-state index is 4.49. The molecule has 1 aliphatic heterocycles. The van der Waals surface area contributed by atoms with Crippen molar-refractivity contribution in [1.82, 2.24) is 19.9 Å². The Labute approximate surface area is 96.5 Å². The summed E-state index contributed by atoms with van der Waals surface area (Å²) in [4.78, 5) is 17.8. The Morgan fingerprint density at radius 3 is 2.38 bits per heavy atom. The zero-order valence-corrected chi connectivity index (χ0v) is 10.3. The molecule has 0 radical (unpaired) electrons. The van der Waals surface area contributed by atoms with E-state index in [9.17, 15) is 0 Å². The fraction of sp³-hybridized carbons (Fsp3) is 0.727. The fourth-order valence-corrected chi connectivity index (χ4v) is 1.83. The molecule has 88 valence electrons.